The van der Waals surface area contributed by atoms with Crippen LogP contribution in [0.1, 0.15) is 35.1 Å². The lowest BCUT2D eigenvalue weighted by Gasteiger charge is -2.17. The standard InChI is InChI=1S/C17H19BrN2/c1-11-9-13(7-8-16(11)18)17(20-19)15-10-14(15)12-5-3-2-4-6-12/h2-9,14-15,17,20H,10,19H2,1H3. The fourth-order valence-electron chi connectivity index (χ4n) is 2.99. The van der Waals surface area contributed by atoms with Crippen LogP contribution in [-0.4, -0.2) is 0 Å². The lowest BCUT2D eigenvalue weighted by molar-refractivity contribution is 0.487. The Labute approximate surface area is 128 Å². The summed E-state index contributed by atoms with van der Waals surface area (Å²) in [5, 5.41) is 0. The van der Waals surface area contributed by atoms with Gasteiger partial charge in [0.25, 0.3) is 0 Å². The summed E-state index contributed by atoms with van der Waals surface area (Å²) in [5.74, 6) is 7.02. The van der Waals surface area contributed by atoms with Crippen molar-refractivity contribution in [2.45, 2.75) is 25.3 Å². The van der Waals surface area contributed by atoms with Crippen LogP contribution in [0.4, 0.5) is 0 Å². The van der Waals surface area contributed by atoms with Gasteiger partial charge >= 0.3 is 0 Å². The normalized spacial score (nSPS) is 22.6. The average molecular weight is 331 g/mol. The maximum Gasteiger partial charge on any atom is 0.0494 e. The Kier molecular flexibility index (Phi) is 3.92. The smallest absolute Gasteiger partial charge is 0.0494 e. The third kappa shape index (κ3) is 2.66. The fraction of sp³-hybridized carbons (Fsp3) is 0.294. The molecule has 3 heteroatoms. The van der Waals surface area contributed by atoms with Gasteiger partial charge in [-0.15, -0.1) is 0 Å². The highest BCUT2D eigenvalue weighted by atomic mass is 79.9. The first-order valence-electron chi connectivity index (χ1n) is 6.98. The number of hydrogen-bond donors (Lipinski definition) is 2. The molecule has 0 amide bonds. The molecule has 0 saturated heterocycles. The first-order chi connectivity index (χ1) is 9.70. The molecule has 0 spiro atoms. The van der Waals surface area contributed by atoms with Gasteiger partial charge in [-0.2, -0.15) is 0 Å². The highest BCUT2D eigenvalue weighted by Crippen LogP contribution is 2.53. The zero-order valence-corrected chi connectivity index (χ0v) is 13.1. The van der Waals surface area contributed by atoms with Crippen molar-refractivity contribution < 1.29 is 0 Å². The van der Waals surface area contributed by atoms with Crippen LogP contribution in [0, 0.1) is 12.8 Å². The molecular weight excluding hydrogens is 312 g/mol. The Morgan fingerprint density at radius 2 is 1.95 bits per heavy atom. The van der Waals surface area contributed by atoms with Gasteiger partial charge in [0.2, 0.25) is 0 Å². The first kappa shape index (κ1) is 13.8. The number of hydrazine groups is 1. The summed E-state index contributed by atoms with van der Waals surface area (Å²) in [5.41, 5.74) is 6.96. The molecule has 2 aromatic carbocycles. The van der Waals surface area contributed by atoms with Gasteiger partial charge in [-0.05, 0) is 47.9 Å². The molecule has 2 aromatic rings. The molecule has 0 bridgehead atoms. The quantitative estimate of drug-likeness (QED) is 0.655. The van der Waals surface area contributed by atoms with Crippen molar-refractivity contribution in [1.29, 1.82) is 0 Å². The molecule has 3 rings (SSSR count). The van der Waals surface area contributed by atoms with E-state index in [0.717, 1.165) is 4.47 Å². The van der Waals surface area contributed by atoms with Crippen molar-refractivity contribution in [2.24, 2.45) is 11.8 Å². The molecule has 20 heavy (non-hydrogen) atoms. The van der Waals surface area contributed by atoms with E-state index < -0.39 is 0 Å². The molecule has 2 nitrogen and oxygen atoms in total. The van der Waals surface area contributed by atoms with Crippen molar-refractivity contribution in [2.75, 3.05) is 0 Å². The molecule has 1 aliphatic carbocycles. The second-order valence-electron chi connectivity index (χ2n) is 5.57. The highest BCUT2D eigenvalue weighted by Gasteiger charge is 2.44. The van der Waals surface area contributed by atoms with Crippen molar-refractivity contribution in [3.05, 3.63) is 69.7 Å². The summed E-state index contributed by atoms with van der Waals surface area (Å²) in [6, 6.07) is 17.4. The van der Waals surface area contributed by atoms with Crippen LogP contribution in [0.2, 0.25) is 0 Å². The number of hydrogen-bond acceptors (Lipinski definition) is 2. The van der Waals surface area contributed by atoms with Crippen LogP contribution in [-0.2, 0) is 0 Å². The average Bonchev–Trinajstić information content (AvgIpc) is 3.25. The van der Waals surface area contributed by atoms with Crippen LogP contribution >= 0.6 is 15.9 Å². The molecule has 0 aromatic heterocycles. The molecule has 1 aliphatic rings. The minimum absolute atomic E-state index is 0.229. The Morgan fingerprint density at radius 3 is 2.60 bits per heavy atom. The lowest BCUT2D eigenvalue weighted by Crippen LogP contribution is -2.30. The second-order valence-corrected chi connectivity index (χ2v) is 6.42. The number of rotatable bonds is 4. The number of benzene rings is 2. The van der Waals surface area contributed by atoms with Gasteiger partial charge in [0.15, 0.2) is 0 Å². The lowest BCUT2D eigenvalue weighted by atomic mass is 9.98. The van der Waals surface area contributed by atoms with E-state index in [1.54, 1.807) is 0 Å². The summed E-state index contributed by atoms with van der Waals surface area (Å²) in [7, 11) is 0. The first-order valence-corrected chi connectivity index (χ1v) is 7.77. The van der Waals surface area contributed by atoms with Gasteiger partial charge in [-0.1, -0.05) is 58.4 Å². The zero-order valence-electron chi connectivity index (χ0n) is 11.5. The van der Waals surface area contributed by atoms with Crippen molar-refractivity contribution >= 4 is 15.9 Å². The van der Waals surface area contributed by atoms with Gasteiger partial charge in [-0.25, -0.2) is 0 Å². The molecule has 0 radical (unpaired) electrons. The summed E-state index contributed by atoms with van der Waals surface area (Å²) < 4.78 is 1.15. The Hall–Kier alpha value is -1.16. The zero-order chi connectivity index (χ0) is 14.1. The maximum absolute atomic E-state index is 5.81. The molecule has 1 fully saturated rings. The van der Waals surface area contributed by atoms with Crippen molar-refractivity contribution in [3.8, 4) is 0 Å². The van der Waals surface area contributed by atoms with E-state index in [1.807, 2.05) is 0 Å². The molecule has 0 heterocycles. The Balaban J connectivity index is 1.80. The topological polar surface area (TPSA) is 38.0 Å². The number of nitrogens with one attached hydrogen (secondary N) is 1. The summed E-state index contributed by atoms with van der Waals surface area (Å²) in [4.78, 5) is 0. The third-order valence-corrected chi connectivity index (χ3v) is 5.11. The maximum atomic E-state index is 5.81. The van der Waals surface area contributed by atoms with E-state index in [-0.39, 0.29) is 6.04 Å². The molecule has 3 unspecified atom stereocenters. The van der Waals surface area contributed by atoms with E-state index in [9.17, 15) is 0 Å². The van der Waals surface area contributed by atoms with Crippen LogP contribution in [0.5, 0.6) is 0 Å². The van der Waals surface area contributed by atoms with Gasteiger partial charge in [0, 0.05) is 10.5 Å². The minimum Gasteiger partial charge on any atom is -0.271 e. The Bertz CT molecular complexity index is 597. The molecular formula is C17H19BrN2. The third-order valence-electron chi connectivity index (χ3n) is 4.22. The van der Waals surface area contributed by atoms with Gasteiger partial charge in [0.1, 0.15) is 0 Å². The van der Waals surface area contributed by atoms with Crippen LogP contribution in [0.25, 0.3) is 0 Å². The van der Waals surface area contributed by atoms with E-state index in [0.29, 0.717) is 11.8 Å². The number of nitrogens with two attached hydrogens (primary N) is 1. The largest absolute Gasteiger partial charge is 0.271 e. The molecule has 3 atom stereocenters. The molecule has 104 valence electrons. The minimum atomic E-state index is 0.229. The number of aryl methyl sites for hydroxylation is 1. The fourth-order valence-corrected chi connectivity index (χ4v) is 3.24. The van der Waals surface area contributed by atoms with Gasteiger partial charge < -0.3 is 0 Å². The van der Waals surface area contributed by atoms with Crippen LogP contribution in [0.3, 0.4) is 0 Å². The summed E-state index contributed by atoms with van der Waals surface area (Å²) in [6.07, 6.45) is 1.20. The van der Waals surface area contributed by atoms with E-state index in [4.69, 9.17) is 5.84 Å². The van der Waals surface area contributed by atoms with Crippen LogP contribution < -0.4 is 11.3 Å². The highest BCUT2D eigenvalue weighted by molar-refractivity contribution is 9.10. The summed E-state index contributed by atoms with van der Waals surface area (Å²) >= 11 is 3.55. The molecule has 3 N–H and O–H groups in total. The molecule has 1 saturated carbocycles. The van der Waals surface area contributed by atoms with Crippen LogP contribution in [0.15, 0.2) is 53.0 Å². The van der Waals surface area contributed by atoms with Gasteiger partial charge in [-0.3, -0.25) is 11.3 Å². The van der Waals surface area contributed by atoms with E-state index in [2.05, 4.69) is 76.8 Å². The van der Waals surface area contributed by atoms with Gasteiger partial charge in [0.05, 0.1) is 0 Å². The predicted molar refractivity (Wildman–Crippen MR) is 86.2 cm³/mol. The Morgan fingerprint density at radius 1 is 1.20 bits per heavy atom. The summed E-state index contributed by atoms with van der Waals surface area (Å²) in [6.45, 7) is 2.11. The van der Waals surface area contributed by atoms with E-state index in [1.165, 1.54) is 23.1 Å². The second kappa shape index (κ2) is 5.68. The van der Waals surface area contributed by atoms with Crippen molar-refractivity contribution in [3.63, 3.8) is 0 Å². The van der Waals surface area contributed by atoms with E-state index >= 15 is 0 Å². The monoisotopic (exact) mass is 330 g/mol. The molecule has 0 aliphatic heterocycles. The van der Waals surface area contributed by atoms with Crippen molar-refractivity contribution in [1.82, 2.24) is 5.43 Å². The predicted octanol–water partition coefficient (Wildman–Crippen LogP) is 4.07. The SMILES string of the molecule is Cc1cc(C(NN)C2CC2c2ccccc2)ccc1Br. The number of halogens is 1.